The first-order valence-electron chi connectivity index (χ1n) is 6.55. The molecule has 5 heteroatoms. The van der Waals surface area contributed by atoms with Crippen LogP contribution in [0.5, 0.6) is 5.75 Å². The van der Waals surface area contributed by atoms with E-state index in [-0.39, 0.29) is 6.04 Å². The van der Waals surface area contributed by atoms with Crippen LogP contribution in [0.1, 0.15) is 24.3 Å². The topological polar surface area (TPSA) is 21.3 Å². The molecular formula is C15H17Cl2NOS. The molecule has 20 heavy (non-hydrogen) atoms. The highest BCUT2D eigenvalue weighted by molar-refractivity contribution is 7.10. The molecule has 2 nitrogen and oxygen atoms in total. The van der Waals surface area contributed by atoms with Gasteiger partial charge in [-0.15, -0.1) is 11.3 Å². The quantitative estimate of drug-likeness (QED) is 0.756. The van der Waals surface area contributed by atoms with E-state index in [1.54, 1.807) is 11.3 Å². The number of hydrogen-bond donors (Lipinski definition) is 1. The minimum atomic E-state index is 0.0985. The fraction of sp³-hybridized carbons (Fsp3) is 0.333. The molecule has 0 aliphatic carbocycles. The third kappa shape index (κ3) is 4.38. The van der Waals surface area contributed by atoms with Crippen LogP contribution in [0.15, 0.2) is 35.7 Å². The molecule has 2 aromatic rings. The summed E-state index contributed by atoms with van der Waals surface area (Å²) in [6, 6.07) is 9.44. The van der Waals surface area contributed by atoms with Crippen molar-refractivity contribution in [2.24, 2.45) is 0 Å². The van der Waals surface area contributed by atoms with Crippen LogP contribution in [0.3, 0.4) is 0 Å². The molecule has 0 radical (unpaired) electrons. The molecule has 0 aliphatic heterocycles. The number of rotatable bonds is 7. The Balaban J connectivity index is 2.03. The van der Waals surface area contributed by atoms with Crippen LogP contribution < -0.4 is 10.1 Å². The van der Waals surface area contributed by atoms with Gasteiger partial charge in [0.05, 0.1) is 11.1 Å². The Morgan fingerprint density at radius 1 is 1.30 bits per heavy atom. The molecule has 2 rings (SSSR count). The van der Waals surface area contributed by atoms with Crippen molar-refractivity contribution in [3.05, 3.63) is 50.6 Å². The number of hydrogen-bond acceptors (Lipinski definition) is 3. The summed E-state index contributed by atoms with van der Waals surface area (Å²) >= 11 is 13.8. The van der Waals surface area contributed by atoms with Crippen LogP contribution in [0.2, 0.25) is 10.0 Å². The van der Waals surface area contributed by atoms with Crippen molar-refractivity contribution in [3.63, 3.8) is 0 Å². The number of nitrogens with one attached hydrogen (secondary N) is 1. The van der Waals surface area contributed by atoms with Crippen LogP contribution in [-0.2, 0) is 0 Å². The predicted octanol–water partition coefficient (Wildman–Crippen LogP) is 5.17. The van der Waals surface area contributed by atoms with Gasteiger partial charge in [-0.05, 0) is 42.6 Å². The molecule has 0 fully saturated rings. The summed E-state index contributed by atoms with van der Waals surface area (Å²) in [6.07, 6.45) is 1.07. The Morgan fingerprint density at radius 2 is 2.15 bits per heavy atom. The summed E-state index contributed by atoms with van der Waals surface area (Å²) in [7, 11) is 0. The van der Waals surface area contributed by atoms with Crippen LogP contribution in [0.25, 0.3) is 0 Å². The second kappa shape index (κ2) is 7.89. The highest BCUT2D eigenvalue weighted by Crippen LogP contribution is 2.29. The van der Waals surface area contributed by atoms with Gasteiger partial charge in [0.1, 0.15) is 12.4 Å². The normalized spacial score (nSPS) is 12.3. The first-order chi connectivity index (χ1) is 9.70. The zero-order valence-electron chi connectivity index (χ0n) is 11.2. The second-order valence-corrected chi connectivity index (χ2v) is 6.20. The Morgan fingerprint density at radius 3 is 2.80 bits per heavy atom. The summed E-state index contributed by atoms with van der Waals surface area (Å²) in [5.74, 6) is 0.772. The lowest BCUT2D eigenvalue weighted by Crippen LogP contribution is -2.27. The number of benzene rings is 1. The fourth-order valence-electron chi connectivity index (χ4n) is 1.84. The standard InChI is InChI=1S/C15H17Cl2NOS/c1-2-7-18-14(15-13(17)6-8-20-15)10-19-12-5-3-4-11(16)9-12/h3-6,8-9,14,18H,2,7,10H2,1H3. The maximum Gasteiger partial charge on any atom is 0.120 e. The third-order valence-corrected chi connectivity index (χ3v) is 4.52. The summed E-state index contributed by atoms with van der Waals surface area (Å²) in [5.41, 5.74) is 0. The van der Waals surface area contributed by atoms with E-state index in [1.807, 2.05) is 35.7 Å². The van der Waals surface area contributed by atoms with Crippen LogP contribution >= 0.6 is 34.5 Å². The minimum Gasteiger partial charge on any atom is -0.492 e. The maximum atomic E-state index is 6.21. The largest absolute Gasteiger partial charge is 0.492 e. The Kier molecular flexibility index (Phi) is 6.17. The van der Waals surface area contributed by atoms with Crippen molar-refractivity contribution in [1.29, 1.82) is 0 Å². The van der Waals surface area contributed by atoms with E-state index in [1.165, 1.54) is 0 Å². The molecule has 108 valence electrons. The highest BCUT2D eigenvalue weighted by atomic mass is 35.5. The van der Waals surface area contributed by atoms with Crippen molar-refractivity contribution in [2.75, 3.05) is 13.2 Å². The molecule has 0 spiro atoms. The first kappa shape index (κ1) is 15.6. The number of thiophene rings is 1. The summed E-state index contributed by atoms with van der Waals surface area (Å²) in [4.78, 5) is 1.11. The van der Waals surface area contributed by atoms with Gasteiger partial charge < -0.3 is 10.1 Å². The van der Waals surface area contributed by atoms with Gasteiger partial charge in [0.2, 0.25) is 0 Å². The third-order valence-electron chi connectivity index (χ3n) is 2.81. The van der Waals surface area contributed by atoms with E-state index in [9.17, 15) is 0 Å². The molecule has 1 N–H and O–H groups in total. The smallest absolute Gasteiger partial charge is 0.120 e. The maximum absolute atomic E-state index is 6.21. The Labute approximate surface area is 133 Å². The van der Waals surface area contributed by atoms with Crippen LogP contribution in [-0.4, -0.2) is 13.2 Å². The SMILES string of the molecule is CCCNC(COc1cccc(Cl)c1)c1sccc1Cl. The van der Waals surface area contributed by atoms with Gasteiger partial charge in [-0.1, -0.05) is 36.2 Å². The van der Waals surface area contributed by atoms with Gasteiger partial charge in [-0.3, -0.25) is 0 Å². The molecule has 1 aromatic heterocycles. The molecule has 0 saturated carbocycles. The van der Waals surface area contributed by atoms with E-state index in [0.29, 0.717) is 11.6 Å². The summed E-state index contributed by atoms with van der Waals surface area (Å²) in [5, 5.41) is 6.93. The van der Waals surface area contributed by atoms with Gasteiger partial charge in [-0.2, -0.15) is 0 Å². The molecule has 0 saturated heterocycles. The average Bonchev–Trinajstić information content (AvgIpc) is 2.85. The van der Waals surface area contributed by atoms with E-state index in [2.05, 4.69) is 12.2 Å². The Hall–Kier alpha value is -0.740. The average molecular weight is 330 g/mol. The van der Waals surface area contributed by atoms with Gasteiger partial charge in [0, 0.05) is 9.90 Å². The van der Waals surface area contributed by atoms with Crippen molar-refractivity contribution >= 4 is 34.5 Å². The fourth-order valence-corrected chi connectivity index (χ4v) is 3.27. The van der Waals surface area contributed by atoms with Crippen molar-refractivity contribution in [1.82, 2.24) is 5.32 Å². The lowest BCUT2D eigenvalue weighted by Gasteiger charge is -2.18. The molecule has 1 unspecified atom stereocenters. The lowest BCUT2D eigenvalue weighted by molar-refractivity contribution is 0.268. The molecule has 1 aromatic carbocycles. The van der Waals surface area contributed by atoms with Crippen molar-refractivity contribution in [2.45, 2.75) is 19.4 Å². The van der Waals surface area contributed by atoms with E-state index in [4.69, 9.17) is 27.9 Å². The monoisotopic (exact) mass is 329 g/mol. The van der Waals surface area contributed by atoms with E-state index in [0.717, 1.165) is 28.6 Å². The van der Waals surface area contributed by atoms with Gasteiger partial charge >= 0.3 is 0 Å². The van der Waals surface area contributed by atoms with Crippen molar-refractivity contribution in [3.8, 4) is 5.75 Å². The summed E-state index contributed by atoms with van der Waals surface area (Å²) in [6.45, 7) is 3.59. The van der Waals surface area contributed by atoms with Gasteiger partial charge in [0.25, 0.3) is 0 Å². The van der Waals surface area contributed by atoms with Crippen molar-refractivity contribution < 1.29 is 4.74 Å². The minimum absolute atomic E-state index is 0.0985. The van der Waals surface area contributed by atoms with Gasteiger partial charge in [-0.25, -0.2) is 0 Å². The first-order valence-corrected chi connectivity index (χ1v) is 8.19. The molecule has 0 aliphatic rings. The molecule has 0 bridgehead atoms. The number of halogens is 2. The van der Waals surface area contributed by atoms with Crippen LogP contribution in [0, 0.1) is 0 Å². The molecule has 0 amide bonds. The highest BCUT2D eigenvalue weighted by Gasteiger charge is 2.16. The lowest BCUT2D eigenvalue weighted by atomic mass is 10.2. The summed E-state index contributed by atoms with van der Waals surface area (Å²) < 4.78 is 5.83. The Bertz CT molecular complexity index is 544. The van der Waals surface area contributed by atoms with E-state index >= 15 is 0 Å². The zero-order valence-corrected chi connectivity index (χ0v) is 13.6. The molecular weight excluding hydrogens is 313 g/mol. The molecule has 1 heterocycles. The number of ether oxygens (including phenoxy) is 1. The zero-order chi connectivity index (χ0) is 14.4. The van der Waals surface area contributed by atoms with Gasteiger partial charge in [0.15, 0.2) is 0 Å². The predicted molar refractivity (Wildman–Crippen MR) is 87.3 cm³/mol. The molecule has 1 atom stereocenters. The van der Waals surface area contributed by atoms with Crippen LogP contribution in [0.4, 0.5) is 0 Å². The second-order valence-electron chi connectivity index (χ2n) is 4.41. The van der Waals surface area contributed by atoms with E-state index < -0.39 is 0 Å².